The first-order chi connectivity index (χ1) is 8.62. The molecule has 1 amide bonds. The summed E-state index contributed by atoms with van der Waals surface area (Å²) in [6.45, 7) is 6.15. The van der Waals surface area contributed by atoms with Crippen molar-refractivity contribution in [1.29, 1.82) is 0 Å². The van der Waals surface area contributed by atoms with Crippen molar-refractivity contribution in [3.05, 3.63) is 23.5 Å². The quantitative estimate of drug-likeness (QED) is 0.833. The van der Waals surface area contributed by atoms with Gasteiger partial charge >= 0.3 is 0 Å². The molecule has 18 heavy (non-hydrogen) atoms. The third-order valence-corrected chi connectivity index (χ3v) is 4.60. The minimum atomic E-state index is 0.194. The van der Waals surface area contributed by atoms with Gasteiger partial charge in [0, 0.05) is 17.3 Å². The molecule has 4 nitrogen and oxygen atoms in total. The number of aryl methyl sites for hydroxylation is 2. The van der Waals surface area contributed by atoms with E-state index in [-0.39, 0.29) is 11.8 Å². The Hall–Kier alpha value is -1.29. The van der Waals surface area contributed by atoms with Crippen LogP contribution < -0.4 is 10.7 Å². The number of carbonyl (C=O) groups excluding carboxylic acids is 1. The van der Waals surface area contributed by atoms with Crippen LogP contribution in [0.4, 0.5) is 0 Å². The standard InChI is InChI=1S/C14H21N3O/c1-10-3-4-11(2)17(10)16-13(18)12-9-14(12)5-7-15-8-6-14/h3-4,12,15H,5-9H2,1-2H3,(H,16,18). The van der Waals surface area contributed by atoms with Gasteiger partial charge in [-0.15, -0.1) is 0 Å². The van der Waals surface area contributed by atoms with Crippen molar-refractivity contribution in [3.8, 4) is 0 Å². The van der Waals surface area contributed by atoms with E-state index in [9.17, 15) is 4.79 Å². The Kier molecular flexibility index (Phi) is 2.70. The van der Waals surface area contributed by atoms with Crippen molar-refractivity contribution in [2.24, 2.45) is 11.3 Å². The van der Waals surface area contributed by atoms with Gasteiger partial charge in [-0.2, -0.15) is 0 Å². The molecule has 1 unspecified atom stereocenters. The number of hydrogen-bond acceptors (Lipinski definition) is 2. The highest BCUT2D eigenvalue weighted by Gasteiger charge is 2.57. The van der Waals surface area contributed by atoms with Crippen LogP contribution in [0.25, 0.3) is 0 Å². The van der Waals surface area contributed by atoms with Crippen molar-refractivity contribution in [2.75, 3.05) is 18.5 Å². The van der Waals surface area contributed by atoms with E-state index in [1.54, 1.807) is 0 Å². The normalized spacial score (nSPS) is 25.1. The fourth-order valence-corrected chi connectivity index (χ4v) is 3.23. The first-order valence-electron chi connectivity index (χ1n) is 6.79. The molecule has 1 spiro atoms. The van der Waals surface area contributed by atoms with E-state index in [0.29, 0.717) is 5.41 Å². The molecular formula is C14H21N3O. The van der Waals surface area contributed by atoms with Crippen molar-refractivity contribution in [3.63, 3.8) is 0 Å². The molecule has 1 aliphatic heterocycles. The van der Waals surface area contributed by atoms with Crippen LogP contribution >= 0.6 is 0 Å². The fraction of sp³-hybridized carbons (Fsp3) is 0.643. The van der Waals surface area contributed by atoms with Crippen molar-refractivity contribution < 1.29 is 4.79 Å². The lowest BCUT2D eigenvalue weighted by atomic mass is 9.92. The van der Waals surface area contributed by atoms with Gasteiger partial charge in [-0.1, -0.05) is 0 Å². The number of amides is 1. The Bertz CT molecular complexity index is 452. The van der Waals surface area contributed by atoms with Gasteiger partial charge in [-0.05, 0) is 63.7 Å². The highest BCUT2D eigenvalue weighted by molar-refractivity contribution is 5.89. The summed E-state index contributed by atoms with van der Waals surface area (Å²) in [6, 6.07) is 4.06. The first kappa shape index (κ1) is 11.8. The van der Waals surface area contributed by atoms with E-state index in [1.807, 2.05) is 30.7 Å². The molecule has 1 aliphatic carbocycles. The molecule has 98 valence electrons. The number of aromatic nitrogens is 1. The van der Waals surface area contributed by atoms with Crippen LogP contribution in [0.3, 0.4) is 0 Å². The second kappa shape index (κ2) is 4.12. The third kappa shape index (κ3) is 1.85. The van der Waals surface area contributed by atoms with Gasteiger partial charge in [0.25, 0.3) is 0 Å². The fourth-order valence-electron chi connectivity index (χ4n) is 3.23. The molecule has 2 heterocycles. The maximum atomic E-state index is 12.3. The number of carbonyl (C=O) groups is 1. The Morgan fingerprint density at radius 1 is 1.33 bits per heavy atom. The molecule has 1 saturated carbocycles. The monoisotopic (exact) mass is 247 g/mol. The zero-order chi connectivity index (χ0) is 12.8. The summed E-state index contributed by atoms with van der Waals surface area (Å²) in [7, 11) is 0. The number of nitrogens with zero attached hydrogens (tertiary/aromatic N) is 1. The zero-order valence-corrected chi connectivity index (χ0v) is 11.1. The number of rotatable bonds is 2. The Morgan fingerprint density at radius 2 is 1.94 bits per heavy atom. The predicted octanol–water partition coefficient (Wildman–Crippen LogP) is 1.56. The minimum absolute atomic E-state index is 0.194. The summed E-state index contributed by atoms with van der Waals surface area (Å²) in [5.74, 6) is 0.417. The molecule has 2 aliphatic rings. The number of hydrogen-bond donors (Lipinski definition) is 2. The Morgan fingerprint density at radius 3 is 2.56 bits per heavy atom. The van der Waals surface area contributed by atoms with E-state index in [2.05, 4.69) is 10.7 Å². The smallest absolute Gasteiger partial charge is 0.242 e. The highest BCUT2D eigenvalue weighted by atomic mass is 16.2. The van der Waals surface area contributed by atoms with Crippen molar-refractivity contribution in [2.45, 2.75) is 33.1 Å². The van der Waals surface area contributed by atoms with Crippen molar-refractivity contribution >= 4 is 5.91 Å². The molecule has 1 aromatic heterocycles. The molecule has 0 radical (unpaired) electrons. The average Bonchev–Trinajstić information content (AvgIpc) is 2.97. The average molecular weight is 247 g/mol. The van der Waals surface area contributed by atoms with Crippen LogP contribution in [0.1, 0.15) is 30.7 Å². The van der Waals surface area contributed by atoms with Crippen LogP contribution in [-0.4, -0.2) is 23.7 Å². The summed E-state index contributed by atoms with van der Waals surface area (Å²) < 4.78 is 1.90. The molecule has 1 aromatic rings. The summed E-state index contributed by atoms with van der Waals surface area (Å²) in [5, 5.41) is 3.37. The van der Waals surface area contributed by atoms with E-state index in [0.717, 1.165) is 43.7 Å². The van der Waals surface area contributed by atoms with E-state index >= 15 is 0 Å². The van der Waals surface area contributed by atoms with Crippen LogP contribution in [0.15, 0.2) is 12.1 Å². The zero-order valence-electron chi connectivity index (χ0n) is 11.1. The second-order valence-electron chi connectivity index (χ2n) is 5.80. The molecule has 3 rings (SSSR count). The molecular weight excluding hydrogens is 226 g/mol. The second-order valence-corrected chi connectivity index (χ2v) is 5.80. The van der Waals surface area contributed by atoms with Gasteiger partial charge in [-0.25, -0.2) is 0 Å². The first-order valence-corrected chi connectivity index (χ1v) is 6.79. The SMILES string of the molecule is Cc1ccc(C)n1NC(=O)C1CC12CCNCC2. The molecule has 2 N–H and O–H groups in total. The molecule has 1 atom stereocenters. The van der Waals surface area contributed by atoms with Crippen LogP contribution in [0, 0.1) is 25.2 Å². The highest BCUT2D eigenvalue weighted by Crippen LogP contribution is 2.58. The van der Waals surface area contributed by atoms with Crippen molar-refractivity contribution in [1.82, 2.24) is 9.99 Å². The molecule has 0 aromatic carbocycles. The molecule has 4 heteroatoms. The largest absolute Gasteiger partial charge is 0.317 e. The van der Waals surface area contributed by atoms with Gasteiger partial charge in [0.1, 0.15) is 0 Å². The molecule has 2 fully saturated rings. The summed E-state index contributed by atoms with van der Waals surface area (Å²) in [4.78, 5) is 12.3. The van der Waals surface area contributed by atoms with Gasteiger partial charge in [0.15, 0.2) is 0 Å². The Balaban J connectivity index is 1.67. The van der Waals surface area contributed by atoms with Crippen LogP contribution in [0.5, 0.6) is 0 Å². The maximum absolute atomic E-state index is 12.3. The van der Waals surface area contributed by atoms with E-state index in [1.165, 1.54) is 0 Å². The molecule has 1 saturated heterocycles. The summed E-state index contributed by atoms with van der Waals surface area (Å²) >= 11 is 0. The van der Waals surface area contributed by atoms with E-state index < -0.39 is 0 Å². The van der Waals surface area contributed by atoms with Crippen LogP contribution in [-0.2, 0) is 4.79 Å². The number of nitrogens with one attached hydrogen (secondary N) is 2. The summed E-state index contributed by atoms with van der Waals surface area (Å²) in [6.07, 6.45) is 3.36. The van der Waals surface area contributed by atoms with Gasteiger partial charge in [0.05, 0.1) is 0 Å². The van der Waals surface area contributed by atoms with Crippen LogP contribution in [0.2, 0.25) is 0 Å². The molecule has 0 bridgehead atoms. The third-order valence-electron chi connectivity index (χ3n) is 4.60. The Labute approximate surface area is 108 Å². The predicted molar refractivity (Wildman–Crippen MR) is 70.9 cm³/mol. The lowest BCUT2D eigenvalue weighted by Crippen LogP contribution is -2.33. The van der Waals surface area contributed by atoms with Gasteiger partial charge in [0.2, 0.25) is 5.91 Å². The topological polar surface area (TPSA) is 46.1 Å². The lowest BCUT2D eigenvalue weighted by Gasteiger charge is -2.23. The number of piperidine rings is 1. The minimum Gasteiger partial charge on any atom is -0.317 e. The van der Waals surface area contributed by atoms with Gasteiger partial charge in [-0.3, -0.25) is 14.9 Å². The van der Waals surface area contributed by atoms with Gasteiger partial charge < -0.3 is 5.32 Å². The lowest BCUT2D eigenvalue weighted by molar-refractivity contribution is -0.119. The maximum Gasteiger partial charge on any atom is 0.242 e. The summed E-state index contributed by atoms with van der Waals surface area (Å²) in [5.41, 5.74) is 5.53. The van der Waals surface area contributed by atoms with E-state index in [4.69, 9.17) is 0 Å².